The number of benzene rings is 1. The highest BCUT2D eigenvalue weighted by Gasteiger charge is 2.18. The minimum absolute atomic E-state index is 0.0555. The molecule has 0 aliphatic carbocycles. The second kappa shape index (κ2) is 5.64. The SMILES string of the molecule is CC(C)(CO)NCC(C#N)c1ccccc1. The summed E-state index contributed by atoms with van der Waals surface area (Å²) in [5, 5.41) is 21.4. The van der Waals surface area contributed by atoms with Gasteiger partial charge in [0.1, 0.15) is 0 Å². The number of hydrogen-bond acceptors (Lipinski definition) is 3. The summed E-state index contributed by atoms with van der Waals surface area (Å²) < 4.78 is 0. The molecule has 0 bridgehead atoms. The van der Waals surface area contributed by atoms with Crippen LogP contribution < -0.4 is 5.32 Å². The monoisotopic (exact) mass is 218 g/mol. The average molecular weight is 218 g/mol. The molecule has 0 radical (unpaired) electrons. The zero-order chi connectivity index (χ0) is 12.0. The first-order chi connectivity index (χ1) is 7.59. The van der Waals surface area contributed by atoms with Gasteiger partial charge in [-0.25, -0.2) is 0 Å². The van der Waals surface area contributed by atoms with E-state index < -0.39 is 0 Å². The standard InChI is InChI=1S/C13H18N2O/c1-13(2,10-16)15-9-12(8-14)11-6-4-3-5-7-11/h3-7,12,15-16H,9-10H2,1-2H3. The third kappa shape index (κ3) is 3.65. The quantitative estimate of drug-likeness (QED) is 0.790. The van der Waals surface area contributed by atoms with Crippen molar-refractivity contribution in [3.8, 4) is 6.07 Å². The summed E-state index contributed by atoms with van der Waals surface area (Å²) in [6, 6.07) is 12.0. The van der Waals surface area contributed by atoms with Crippen LogP contribution in [0.25, 0.3) is 0 Å². The number of aliphatic hydroxyl groups is 1. The first-order valence-corrected chi connectivity index (χ1v) is 5.39. The largest absolute Gasteiger partial charge is 0.394 e. The number of rotatable bonds is 5. The van der Waals surface area contributed by atoms with Gasteiger partial charge in [0.2, 0.25) is 0 Å². The van der Waals surface area contributed by atoms with Gasteiger partial charge in [0.05, 0.1) is 18.6 Å². The summed E-state index contributed by atoms with van der Waals surface area (Å²) >= 11 is 0. The Morgan fingerprint density at radius 2 is 2.00 bits per heavy atom. The van der Waals surface area contributed by atoms with Crippen LogP contribution in [0.5, 0.6) is 0 Å². The van der Waals surface area contributed by atoms with Crippen LogP contribution in [-0.2, 0) is 0 Å². The van der Waals surface area contributed by atoms with Crippen LogP contribution >= 0.6 is 0 Å². The lowest BCUT2D eigenvalue weighted by atomic mass is 9.99. The summed E-state index contributed by atoms with van der Waals surface area (Å²) in [7, 11) is 0. The zero-order valence-corrected chi connectivity index (χ0v) is 9.77. The van der Waals surface area contributed by atoms with Gasteiger partial charge in [0.15, 0.2) is 0 Å². The van der Waals surface area contributed by atoms with E-state index in [1.165, 1.54) is 0 Å². The van der Waals surface area contributed by atoms with Gasteiger partial charge in [-0.2, -0.15) is 5.26 Å². The zero-order valence-electron chi connectivity index (χ0n) is 9.77. The van der Waals surface area contributed by atoms with Gasteiger partial charge in [-0.15, -0.1) is 0 Å². The third-order valence-electron chi connectivity index (χ3n) is 2.54. The Hall–Kier alpha value is -1.37. The predicted molar refractivity (Wildman–Crippen MR) is 64.0 cm³/mol. The molecule has 0 aliphatic heterocycles. The Morgan fingerprint density at radius 3 is 2.50 bits per heavy atom. The molecule has 1 unspecified atom stereocenters. The average Bonchev–Trinajstić information content (AvgIpc) is 2.31. The van der Waals surface area contributed by atoms with Gasteiger partial charge < -0.3 is 10.4 Å². The maximum absolute atomic E-state index is 9.10. The van der Waals surface area contributed by atoms with Crippen molar-refractivity contribution in [1.82, 2.24) is 5.32 Å². The van der Waals surface area contributed by atoms with Crippen LogP contribution in [0.15, 0.2) is 30.3 Å². The van der Waals surface area contributed by atoms with Crippen molar-refractivity contribution in [2.75, 3.05) is 13.2 Å². The molecule has 0 saturated carbocycles. The van der Waals surface area contributed by atoms with Gasteiger partial charge in [-0.05, 0) is 19.4 Å². The van der Waals surface area contributed by atoms with Crippen LogP contribution in [-0.4, -0.2) is 23.8 Å². The maximum atomic E-state index is 9.10. The highest BCUT2D eigenvalue weighted by Crippen LogP contribution is 2.14. The Labute approximate surface area is 96.7 Å². The number of hydrogen-bond donors (Lipinski definition) is 2. The Morgan fingerprint density at radius 1 is 1.38 bits per heavy atom. The van der Waals surface area contributed by atoms with Crippen molar-refractivity contribution in [3.63, 3.8) is 0 Å². The van der Waals surface area contributed by atoms with E-state index in [-0.39, 0.29) is 18.1 Å². The molecule has 1 rings (SSSR count). The van der Waals surface area contributed by atoms with E-state index >= 15 is 0 Å². The molecule has 1 aromatic carbocycles. The van der Waals surface area contributed by atoms with Crippen molar-refractivity contribution >= 4 is 0 Å². The Bertz CT molecular complexity index is 354. The van der Waals surface area contributed by atoms with Crippen LogP contribution in [0, 0.1) is 11.3 Å². The molecule has 3 heteroatoms. The van der Waals surface area contributed by atoms with E-state index in [2.05, 4.69) is 11.4 Å². The first-order valence-electron chi connectivity index (χ1n) is 5.39. The molecule has 1 aromatic rings. The van der Waals surface area contributed by atoms with E-state index in [4.69, 9.17) is 10.4 Å². The van der Waals surface area contributed by atoms with Gasteiger partial charge >= 0.3 is 0 Å². The number of nitrogens with one attached hydrogen (secondary N) is 1. The molecule has 0 heterocycles. The maximum Gasteiger partial charge on any atom is 0.0837 e. The molecule has 1 atom stereocenters. The minimum atomic E-state index is -0.343. The molecule has 3 nitrogen and oxygen atoms in total. The van der Waals surface area contributed by atoms with E-state index in [0.717, 1.165) is 5.56 Å². The molecule has 0 aromatic heterocycles. The van der Waals surface area contributed by atoms with Crippen molar-refractivity contribution in [1.29, 1.82) is 5.26 Å². The molecule has 0 saturated heterocycles. The van der Waals surface area contributed by atoms with Crippen molar-refractivity contribution in [2.24, 2.45) is 0 Å². The van der Waals surface area contributed by atoms with Crippen LogP contribution in [0.4, 0.5) is 0 Å². The molecule has 86 valence electrons. The van der Waals surface area contributed by atoms with E-state index in [9.17, 15) is 0 Å². The van der Waals surface area contributed by atoms with Gasteiger partial charge in [0.25, 0.3) is 0 Å². The van der Waals surface area contributed by atoms with Crippen molar-refractivity contribution < 1.29 is 5.11 Å². The van der Waals surface area contributed by atoms with Crippen LogP contribution in [0.3, 0.4) is 0 Å². The van der Waals surface area contributed by atoms with Crippen LogP contribution in [0.2, 0.25) is 0 Å². The fraction of sp³-hybridized carbons (Fsp3) is 0.462. The highest BCUT2D eigenvalue weighted by atomic mass is 16.3. The Balaban J connectivity index is 2.62. The fourth-order valence-corrected chi connectivity index (χ4v) is 1.36. The number of nitriles is 1. The molecule has 0 amide bonds. The van der Waals surface area contributed by atoms with Gasteiger partial charge in [-0.1, -0.05) is 30.3 Å². The van der Waals surface area contributed by atoms with Crippen LogP contribution in [0.1, 0.15) is 25.3 Å². The summed E-state index contributed by atoms with van der Waals surface area (Å²) in [6.07, 6.45) is 0. The van der Waals surface area contributed by atoms with Gasteiger partial charge in [-0.3, -0.25) is 0 Å². The number of nitrogens with zero attached hydrogens (tertiary/aromatic N) is 1. The van der Waals surface area contributed by atoms with E-state index in [1.54, 1.807) is 0 Å². The highest BCUT2D eigenvalue weighted by molar-refractivity contribution is 5.25. The lowest BCUT2D eigenvalue weighted by molar-refractivity contribution is 0.188. The lowest BCUT2D eigenvalue weighted by Gasteiger charge is -2.25. The topological polar surface area (TPSA) is 56.0 Å². The summed E-state index contributed by atoms with van der Waals surface area (Å²) in [5.74, 6) is -0.174. The normalized spacial score (nSPS) is 13.1. The summed E-state index contributed by atoms with van der Waals surface area (Å²) in [5.41, 5.74) is 0.662. The van der Waals surface area contributed by atoms with E-state index in [0.29, 0.717) is 6.54 Å². The molecule has 2 N–H and O–H groups in total. The third-order valence-corrected chi connectivity index (χ3v) is 2.54. The fourth-order valence-electron chi connectivity index (χ4n) is 1.36. The smallest absolute Gasteiger partial charge is 0.0837 e. The van der Waals surface area contributed by atoms with Gasteiger partial charge in [0, 0.05) is 12.1 Å². The Kier molecular flexibility index (Phi) is 4.48. The molecular weight excluding hydrogens is 200 g/mol. The minimum Gasteiger partial charge on any atom is -0.394 e. The van der Waals surface area contributed by atoms with E-state index in [1.807, 2.05) is 44.2 Å². The van der Waals surface area contributed by atoms with Crippen molar-refractivity contribution in [2.45, 2.75) is 25.3 Å². The lowest BCUT2D eigenvalue weighted by Crippen LogP contribution is -2.44. The molecule has 0 aliphatic rings. The molecule has 0 spiro atoms. The second-order valence-electron chi connectivity index (χ2n) is 4.52. The second-order valence-corrected chi connectivity index (χ2v) is 4.52. The predicted octanol–water partition coefficient (Wildman–Crippen LogP) is 1.65. The molecular formula is C13H18N2O. The molecule has 16 heavy (non-hydrogen) atoms. The summed E-state index contributed by atoms with van der Waals surface area (Å²) in [6.45, 7) is 4.42. The summed E-state index contributed by atoms with van der Waals surface area (Å²) in [4.78, 5) is 0. The molecule has 0 fully saturated rings. The first kappa shape index (κ1) is 12.7. The number of aliphatic hydroxyl groups excluding tert-OH is 1. The van der Waals surface area contributed by atoms with Crippen molar-refractivity contribution in [3.05, 3.63) is 35.9 Å².